The lowest BCUT2D eigenvalue weighted by Crippen LogP contribution is -2.36. The summed E-state index contributed by atoms with van der Waals surface area (Å²) in [7, 11) is 0. The first-order chi connectivity index (χ1) is 15.1. The monoisotopic (exact) mass is 442 g/mol. The number of aryl methyl sites for hydroxylation is 2. The molecule has 1 unspecified atom stereocenters. The van der Waals surface area contributed by atoms with Crippen LogP contribution in [0.4, 0.5) is 0 Å². The summed E-state index contributed by atoms with van der Waals surface area (Å²) in [6.45, 7) is 4.56. The van der Waals surface area contributed by atoms with Crippen molar-refractivity contribution in [1.29, 1.82) is 0 Å². The van der Waals surface area contributed by atoms with Crippen LogP contribution in [0.25, 0.3) is 11.4 Å². The van der Waals surface area contributed by atoms with Crippen LogP contribution in [0, 0.1) is 6.92 Å². The molecule has 7 nitrogen and oxygen atoms in total. The molecular weight excluding hydrogens is 416 g/mol. The highest BCUT2D eigenvalue weighted by molar-refractivity contribution is 6.30. The minimum absolute atomic E-state index is 0.0184. The Kier molecular flexibility index (Phi) is 7.04. The van der Waals surface area contributed by atoms with Crippen molar-refractivity contribution in [3.05, 3.63) is 58.8 Å². The van der Waals surface area contributed by atoms with Crippen LogP contribution in [-0.2, 0) is 11.2 Å². The molecule has 1 atom stereocenters. The number of nitrogens with zero attached hydrogens (tertiary/aromatic N) is 3. The quantitative estimate of drug-likeness (QED) is 0.522. The zero-order valence-electron chi connectivity index (χ0n) is 17.6. The highest BCUT2D eigenvalue weighted by Crippen LogP contribution is 2.26. The van der Waals surface area contributed by atoms with Crippen LogP contribution in [0.2, 0.25) is 5.02 Å². The Hall–Kier alpha value is -2.64. The van der Waals surface area contributed by atoms with Crippen molar-refractivity contribution in [2.45, 2.75) is 45.1 Å². The minimum Gasteiger partial charge on any atom is -0.465 e. The number of likely N-dealkylation sites (tertiary alicyclic amines) is 1. The van der Waals surface area contributed by atoms with Gasteiger partial charge in [0.15, 0.2) is 0 Å². The van der Waals surface area contributed by atoms with Crippen LogP contribution < -0.4 is 5.32 Å². The molecule has 0 radical (unpaired) electrons. The molecule has 3 heterocycles. The van der Waals surface area contributed by atoms with E-state index >= 15 is 0 Å². The predicted octanol–water partition coefficient (Wildman–Crippen LogP) is 4.57. The average Bonchev–Trinajstić information content (AvgIpc) is 3.52. The molecule has 1 aliphatic heterocycles. The molecule has 1 saturated heterocycles. The zero-order valence-corrected chi connectivity index (χ0v) is 18.4. The Morgan fingerprint density at radius 3 is 2.68 bits per heavy atom. The maximum atomic E-state index is 12.4. The average molecular weight is 443 g/mol. The standard InChI is InChI=1S/C23H27ClN4O3/c1-16-7-12-20(30-16)19(28-13-2-3-14-28)15-25-21(29)5-4-6-22-26-23(27-31-22)17-8-10-18(24)11-9-17/h7-12,19H,2-6,13-15H2,1H3,(H,25,29). The lowest BCUT2D eigenvalue weighted by molar-refractivity contribution is -0.121. The number of rotatable bonds is 9. The molecule has 1 N–H and O–H groups in total. The Morgan fingerprint density at radius 1 is 1.19 bits per heavy atom. The van der Waals surface area contributed by atoms with Crippen molar-refractivity contribution < 1.29 is 13.7 Å². The molecule has 4 rings (SSSR count). The maximum Gasteiger partial charge on any atom is 0.226 e. The van der Waals surface area contributed by atoms with Gasteiger partial charge in [0.2, 0.25) is 17.6 Å². The van der Waals surface area contributed by atoms with E-state index in [-0.39, 0.29) is 11.9 Å². The first-order valence-corrected chi connectivity index (χ1v) is 11.1. The van der Waals surface area contributed by atoms with Gasteiger partial charge in [0.1, 0.15) is 11.5 Å². The van der Waals surface area contributed by atoms with Gasteiger partial charge in [-0.15, -0.1) is 0 Å². The number of hydrogen-bond acceptors (Lipinski definition) is 6. The van der Waals surface area contributed by atoms with Crippen LogP contribution in [0.15, 0.2) is 45.3 Å². The van der Waals surface area contributed by atoms with Gasteiger partial charge in [0.25, 0.3) is 0 Å². The Balaban J connectivity index is 1.25. The summed E-state index contributed by atoms with van der Waals surface area (Å²) in [5.41, 5.74) is 0.846. The number of benzene rings is 1. The SMILES string of the molecule is Cc1ccc(C(CNC(=O)CCCc2nc(-c3ccc(Cl)cc3)no2)N2CCCC2)o1. The van der Waals surface area contributed by atoms with E-state index in [2.05, 4.69) is 20.4 Å². The van der Waals surface area contributed by atoms with E-state index in [1.807, 2.05) is 31.2 Å². The second-order valence-corrected chi connectivity index (χ2v) is 8.32. The summed E-state index contributed by atoms with van der Waals surface area (Å²) in [5.74, 6) is 2.88. The predicted molar refractivity (Wildman–Crippen MR) is 118 cm³/mol. The second-order valence-electron chi connectivity index (χ2n) is 7.88. The molecule has 31 heavy (non-hydrogen) atoms. The van der Waals surface area contributed by atoms with E-state index in [1.165, 1.54) is 12.8 Å². The number of amides is 1. The summed E-state index contributed by atoms with van der Waals surface area (Å²) < 4.78 is 11.2. The maximum absolute atomic E-state index is 12.4. The largest absolute Gasteiger partial charge is 0.465 e. The molecule has 1 fully saturated rings. The topological polar surface area (TPSA) is 84.4 Å². The molecular formula is C23H27ClN4O3. The molecule has 2 aromatic heterocycles. The third-order valence-electron chi connectivity index (χ3n) is 5.53. The molecule has 1 aliphatic rings. The van der Waals surface area contributed by atoms with Crippen molar-refractivity contribution in [3.8, 4) is 11.4 Å². The molecule has 0 bridgehead atoms. The Morgan fingerprint density at radius 2 is 1.97 bits per heavy atom. The molecule has 1 amide bonds. The van der Waals surface area contributed by atoms with E-state index in [4.69, 9.17) is 20.5 Å². The zero-order chi connectivity index (χ0) is 21.6. The van der Waals surface area contributed by atoms with Crippen LogP contribution in [0.1, 0.15) is 49.1 Å². The fraction of sp³-hybridized carbons (Fsp3) is 0.435. The molecule has 0 saturated carbocycles. The first-order valence-electron chi connectivity index (χ1n) is 10.7. The number of halogens is 1. The first kappa shape index (κ1) is 21.6. The van der Waals surface area contributed by atoms with Crippen LogP contribution in [-0.4, -0.2) is 40.6 Å². The molecule has 8 heteroatoms. The number of nitrogens with one attached hydrogen (secondary N) is 1. The van der Waals surface area contributed by atoms with Gasteiger partial charge >= 0.3 is 0 Å². The fourth-order valence-electron chi connectivity index (χ4n) is 3.87. The van der Waals surface area contributed by atoms with E-state index in [1.54, 1.807) is 12.1 Å². The van der Waals surface area contributed by atoms with E-state index in [0.717, 1.165) is 30.2 Å². The van der Waals surface area contributed by atoms with Crippen LogP contribution in [0.5, 0.6) is 0 Å². The molecule has 0 spiro atoms. The highest BCUT2D eigenvalue weighted by Gasteiger charge is 2.26. The summed E-state index contributed by atoms with van der Waals surface area (Å²) in [6, 6.07) is 11.3. The summed E-state index contributed by atoms with van der Waals surface area (Å²) in [6.07, 6.45) is 3.98. The number of aromatic nitrogens is 2. The highest BCUT2D eigenvalue weighted by atomic mass is 35.5. The van der Waals surface area contributed by atoms with Gasteiger partial charge in [-0.05, 0) is 75.7 Å². The number of carbonyl (C=O) groups excluding carboxylic acids is 1. The van der Waals surface area contributed by atoms with Crippen LogP contribution in [0.3, 0.4) is 0 Å². The van der Waals surface area contributed by atoms with Gasteiger partial charge < -0.3 is 14.3 Å². The molecule has 0 aliphatic carbocycles. The third kappa shape index (κ3) is 5.74. The van der Waals surface area contributed by atoms with Gasteiger partial charge in [-0.2, -0.15) is 4.98 Å². The van der Waals surface area contributed by atoms with E-state index in [9.17, 15) is 4.79 Å². The van der Waals surface area contributed by atoms with Gasteiger partial charge in [-0.25, -0.2) is 0 Å². The van der Waals surface area contributed by atoms with Gasteiger partial charge in [0.05, 0.1) is 6.04 Å². The van der Waals surface area contributed by atoms with Crippen molar-refractivity contribution in [3.63, 3.8) is 0 Å². The Labute approximate surface area is 186 Å². The second kappa shape index (κ2) is 10.1. The molecule has 164 valence electrons. The molecule has 1 aromatic carbocycles. The van der Waals surface area contributed by atoms with Gasteiger partial charge in [-0.1, -0.05) is 16.8 Å². The van der Waals surface area contributed by atoms with Crippen molar-refractivity contribution in [1.82, 2.24) is 20.4 Å². The minimum atomic E-state index is 0.0184. The third-order valence-corrected chi connectivity index (χ3v) is 5.78. The van der Waals surface area contributed by atoms with Gasteiger partial charge in [-0.3, -0.25) is 9.69 Å². The van der Waals surface area contributed by atoms with Crippen LogP contribution >= 0.6 is 11.6 Å². The smallest absolute Gasteiger partial charge is 0.226 e. The Bertz CT molecular complexity index is 992. The van der Waals surface area contributed by atoms with E-state index in [0.29, 0.717) is 42.5 Å². The molecule has 3 aromatic rings. The lowest BCUT2D eigenvalue weighted by atomic mass is 10.1. The number of furan rings is 1. The van der Waals surface area contributed by atoms with Crippen molar-refractivity contribution in [2.24, 2.45) is 0 Å². The van der Waals surface area contributed by atoms with Gasteiger partial charge in [0, 0.05) is 30.0 Å². The lowest BCUT2D eigenvalue weighted by Gasteiger charge is -2.26. The summed E-state index contributed by atoms with van der Waals surface area (Å²) in [5, 5.41) is 7.74. The number of carbonyl (C=O) groups is 1. The summed E-state index contributed by atoms with van der Waals surface area (Å²) >= 11 is 5.91. The van der Waals surface area contributed by atoms with Crippen molar-refractivity contribution >= 4 is 17.5 Å². The summed E-state index contributed by atoms with van der Waals surface area (Å²) in [4.78, 5) is 19.2. The number of hydrogen-bond donors (Lipinski definition) is 1. The van der Waals surface area contributed by atoms with Crippen molar-refractivity contribution in [2.75, 3.05) is 19.6 Å². The van der Waals surface area contributed by atoms with E-state index < -0.39 is 0 Å². The normalized spacial score (nSPS) is 15.3. The fourth-order valence-corrected chi connectivity index (χ4v) is 3.99.